The van der Waals surface area contributed by atoms with Crippen LogP contribution in [0.5, 0.6) is 0 Å². The SMILES string of the molecule is CC1(C)[C@H]2CC[C@]1(C(=O)N1O[C@H]3C=C[C@@H]1[C@]1(O)OCO[C@H]31)C(=O)C2. The van der Waals surface area contributed by atoms with E-state index in [-0.39, 0.29) is 24.4 Å². The van der Waals surface area contributed by atoms with Crippen molar-refractivity contribution in [2.45, 2.75) is 57.1 Å². The van der Waals surface area contributed by atoms with Gasteiger partial charge in [0.05, 0.1) is 0 Å². The fraction of sp³-hybridized carbons (Fsp3) is 0.765. The number of Topliss-reactive ketones (excluding diaryl/α,β-unsaturated/α-hetero) is 1. The van der Waals surface area contributed by atoms with Crippen molar-refractivity contribution in [2.24, 2.45) is 16.7 Å². The molecule has 6 rings (SSSR count). The molecule has 0 aromatic rings. The van der Waals surface area contributed by atoms with Crippen LogP contribution < -0.4 is 0 Å². The van der Waals surface area contributed by atoms with Gasteiger partial charge in [-0.05, 0) is 24.2 Å². The van der Waals surface area contributed by atoms with Crippen LogP contribution in [0.3, 0.4) is 0 Å². The zero-order valence-electron chi connectivity index (χ0n) is 13.7. The number of nitrogens with zero attached hydrogens (tertiary/aromatic N) is 1. The number of hydroxylamine groups is 2. The van der Waals surface area contributed by atoms with Crippen LogP contribution in [0.15, 0.2) is 12.2 Å². The molecule has 2 saturated carbocycles. The van der Waals surface area contributed by atoms with Gasteiger partial charge in [0.2, 0.25) is 5.79 Å². The third-order valence-corrected chi connectivity index (χ3v) is 7.10. The van der Waals surface area contributed by atoms with E-state index >= 15 is 0 Å². The summed E-state index contributed by atoms with van der Waals surface area (Å²) in [7, 11) is 0. The average Bonchev–Trinajstić information content (AvgIpc) is 3.14. The van der Waals surface area contributed by atoms with E-state index in [1.165, 1.54) is 5.06 Å². The molecule has 3 heterocycles. The zero-order valence-corrected chi connectivity index (χ0v) is 13.7. The Kier molecular flexibility index (Phi) is 2.67. The van der Waals surface area contributed by atoms with Crippen LogP contribution in [0, 0.1) is 16.7 Å². The molecule has 0 aromatic carbocycles. The highest BCUT2D eigenvalue weighted by Crippen LogP contribution is 2.65. The first-order chi connectivity index (χ1) is 11.3. The van der Waals surface area contributed by atoms with E-state index in [9.17, 15) is 14.7 Å². The molecule has 1 N–H and O–H groups in total. The highest BCUT2D eigenvalue weighted by Gasteiger charge is 2.72. The van der Waals surface area contributed by atoms with Gasteiger partial charge in [0.1, 0.15) is 29.4 Å². The Morgan fingerprint density at radius 3 is 2.83 bits per heavy atom. The van der Waals surface area contributed by atoms with E-state index in [2.05, 4.69) is 0 Å². The van der Waals surface area contributed by atoms with Gasteiger partial charge in [-0.2, -0.15) is 0 Å². The molecular formula is C17H21NO6. The van der Waals surface area contributed by atoms with Crippen molar-refractivity contribution < 1.29 is 29.0 Å². The van der Waals surface area contributed by atoms with Gasteiger partial charge in [0, 0.05) is 6.42 Å². The fourth-order valence-corrected chi connectivity index (χ4v) is 5.51. The predicted octanol–water partition coefficient (Wildman–Crippen LogP) is 0.524. The lowest BCUT2D eigenvalue weighted by Crippen LogP contribution is -2.71. The third kappa shape index (κ3) is 1.41. The van der Waals surface area contributed by atoms with Gasteiger partial charge in [0.15, 0.2) is 6.79 Å². The second-order valence-corrected chi connectivity index (χ2v) is 8.12. The zero-order chi connectivity index (χ0) is 16.9. The molecule has 24 heavy (non-hydrogen) atoms. The van der Waals surface area contributed by atoms with E-state index in [4.69, 9.17) is 14.3 Å². The smallest absolute Gasteiger partial charge is 0.261 e. The second kappa shape index (κ2) is 4.27. The van der Waals surface area contributed by atoms with Crippen LogP contribution in [-0.4, -0.2) is 52.7 Å². The van der Waals surface area contributed by atoms with Crippen LogP contribution >= 0.6 is 0 Å². The molecule has 6 atom stereocenters. The van der Waals surface area contributed by atoms with Gasteiger partial charge in [0.25, 0.3) is 5.91 Å². The van der Waals surface area contributed by atoms with E-state index < -0.39 is 34.9 Å². The fourth-order valence-electron chi connectivity index (χ4n) is 5.51. The molecule has 2 saturated heterocycles. The number of fused-ring (bicyclic) bond motifs is 3. The molecule has 3 aliphatic heterocycles. The Hall–Kier alpha value is -1.28. The van der Waals surface area contributed by atoms with Gasteiger partial charge in [-0.25, -0.2) is 5.06 Å². The van der Waals surface area contributed by atoms with Crippen LogP contribution in [-0.2, 0) is 23.9 Å². The molecule has 130 valence electrons. The minimum Gasteiger partial charge on any atom is -0.361 e. The lowest BCUT2D eigenvalue weighted by atomic mass is 9.67. The monoisotopic (exact) mass is 335 g/mol. The van der Waals surface area contributed by atoms with Gasteiger partial charge in [-0.15, -0.1) is 0 Å². The minimum atomic E-state index is -1.62. The maximum absolute atomic E-state index is 13.5. The maximum Gasteiger partial charge on any atom is 0.261 e. The van der Waals surface area contributed by atoms with Crippen molar-refractivity contribution >= 4 is 11.7 Å². The predicted molar refractivity (Wildman–Crippen MR) is 79.0 cm³/mol. The summed E-state index contributed by atoms with van der Waals surface area (Å²) in [5.74, 6) is -1.74. The third-order valence-electron chi connectivity index (χ3n) is 7.10. The highest BCUT2D eigenvalue weighted by atomic mass is 16.8. The maximum atomic E-state index is 13.5. The van der Waals surface area contributed by atoms with Gasteiger partial charge in [-0.3, -0.25) is 14.4 Å². The first-order valence-corrected chi connectivity index (χ1v) is 8.52. The van der Waals surface area contributed by atoms with Gasteiger partial charge >= 0.3 is 0 Å². The summed E-state index contributed by atoms with van der Waals surface area (Å²) in [5.41, 5.74) is -1.46. The standard InChI is InChI=1S/C17H21NO6/c1-15(2)9-5-6-16(15,12(19)7-9)14(20)18-11-4-3-10(24-18)13-17(11,21)23-8-22-13/h3-4,9-11,13,21H,5-8H2,1-2H3/t9-,10-,11+,13+,16+,17-/m0/s1. The number of amides is 1. The summed E-state index contributed by atoms with van der Waals surface area (Å²) in [5, 5.41) is 12.1. The molecular weight excluding hydrogens is 314 g/mol. The Balaban J connectivity index is 1.55. The normalized spacial score (nSPS) is 50.6. The van der Waals surface area contributed by atoms with Crippen molar-refractivity contribution in [2.75, 3.05) is 6.79 Å². The van der Waals surface area contributed by atoms with Crippen LogP contribution in [0.1, 0.15) is 33.1 Å². The topological polar surface area (TPSA) is 85.3 Å². The van der Waals surface area contributed by atoms with Crippen LogP contribution in [0.2, 0.25) is 0 Å². The van der Waals surface area contributed by atoms with Crippen molar-refractivity contribution in [3.05, 3.63) is 12.2 Å². The summed E-state index contributed by atoms with van der Waals surface area (Å²) < 4.78 is 10.8. The number of ether oxygens (including phenoxy) is 2. The van der Waals surface area contributed by atoms with Crippen LogP contribution in [0.25, 0.3) is 0 Å². The number of rotatable bonds is 1. The van der Waals surface area contributed by atoms with Crippen LogP contribution in [0.4, 0.5) is 0 Å². The number of carbonyl (C=O) groups is 2. The van der Waals surface area contributed by atoms with Crippen molar-refractivity contribution in [3.63, 3.8) is 0 Å². The second-order valence-electron chi connectivity index (χ2n) is 8.12. The summed E-state index contributed by atoms with van der Waals surface area (Å²) in [4.78, 5) is 32.0. The lowest BCUT2D eigenvalue weighted by Gasteiger charge is -2.52. The molecule has 0 unspecified atom stereocenters. The summed E-state index contributed by atoms with van der Waals surface area (Å²) in [6.45, 7) is 3.95. The molecule has 1 amide bonds. The molecule has 7 heteroatoms. The van der Waals surface area contributed by atoms with E-state index in [0.29, 0.717) is 12.8 Å². The molecule has 6 aliphatic rings. The van der Waals surface area contributed by atoms with Crippen molar-refractivity contribution in [1.29, 1.82) is 0 Å². The first kappa shape index (κ1) is 15.0. The Labute approximate surface area is 139 Å². The Morgan fingerprint density at radius 1 is 1.38 bits per heavy atom. The number of hydrogen-bond acceptors (Lipinski definition) is 6. The molecule has 0 spiro atoms. The van der Waals surface area contributed by atoms with Gasteiger partial charge in [-0.1, -0.05) is 26.0 Å². The molecule has 0 aromatic heterocycles. The van der Waals surface area contributed by atoms with E-state index in [0.717, 1.165) is 6.42 Å². The molecule has 4 bridgehead atoms. The van der Waals surface area contributed by atoms with Crippen molar-refractivity contribution in [3.8, 4) is 0 Å². The first-order valence-electron chi connectivity index (χ1n) is 8.52. The molecule has 4 fully saturated rings. The van der Waals surface area contributed by atoms with Crippen molar-refractivity contribution in [1.82, 2.24) is 5.06 Å². The number of carbonyl (C=O) groups excluding carboxylic acids is 2. The molecule has 0 radical (unpaired) electrons. The Morgan fingerprint density at radius 2 is 2.17 bits per heavy atom. The average molecular weight is 335 g/mol. The van der Waals surface area contributed by atoms with E-state index in [1.54, 1.807) is 12.2 Å². The Bertz CT molecular complexity index is 674. The molecule has 3 aliphatic carbocycles. The highest BCUT2D eigenvalue weighted by molar-refractivity contribution is 6.09. The van der Waals surface area contributed by atoms with Gasteiger partial charge < -0.3 is 14.6 Å². The largest absolute Gasteiger partial charge is 0.361 e. The lowest BCUT2D eigenvalue weighted by molar-refractivity contribution is -0.339. The summed E-state index contributed by atoms with van der Waals surface area (Å²) in [6.07, 6.45) is 4.10. The summed E-state index contributed by atoms with van der Waals surface area (Å²) >= 11 is 0. The molecule has 7 nitrogen and oxygen atoms in total. The quantitative estimate of drug-likeness (QED) is 0.556. The summed E-state index contributed by atoms with van der Waals surface area (Å²) in [6, 6.07) is -0.805. The number of hydrogen-bond donors (Lipinski definition) is 1. The number of ketones is 1. The number of aliphatic hydroxyl groups is 1. The minimum absolute atomic E-state index is 0.00472. The van der Waals surface area contributed by atoms with E-state index in [1.807, 2.05) is 13.8 Å².